The van der Waals surface area contributed by atoms with Gasteiger partial charge in [0.2, 0.25) is 5.91 Å². The predicted molar refractivity (Wildman–Crippen MR) is 91.4 cm³/mol. The molecule has 1 aromatic carbocycles. The van der Waals surface area contributed by atoms with E-state index in [4.69, 9.17) is 0 Å². The molecular weight excluding hydrogens is 307 g/mol. The van der Waals surface area contributed by atoms with Crippen LogP contribution in [0.1, 0.15) is 25.0 Å². The maximum absolute atomic E-state index is 13.1. The van der Waals surface area contributed by atoms with Crippen LogP contribution in [-0.4, -0.2) is 33.0 Å². The zero-order chi connectivity index (χ0) is 17.6. The van der Waals surface area contributed by atoms with E-state index in [1.54, 1.807) is 18.7 Å². The summed E-state index contributed by atoms with van der Waals surface area (Å²) in [5.74, 6) is -0.715. The van der Waals surface area contributed by atoms with Crippen LogP contribution in [0, 0.1) is 5.82 Å². The molecule has 0 aliphatic carbocycles. The van der Waals surface area contributed by atoms with E-state index in [-0.39, 0.29) is 12.5 Å². The number of pyridine rings is 1. The van der Waals surface area contributed by atoms with Gasteiger partial charge in [0.25, 0.3) is 0 Å². The van der Waals surface area contributed by atoms with E-state index in [9.17, 15) is 14.3 Å². The van der Waals surface area contributed by atoms with Crippen molar-refractivity contribution in [3.05, 3.63) is 71.8 Å². The van der Waals surface area contributed by atoms with Gasteiger partial charge in [0.15, 0.2) is 0 Å². The summed E-state index contributed by atoms with van der Waals surface area (Å²) in [6.45, 7) is 3.87. The first-order valence-electron chi connectivity index (χ1n) is 7.67. The fourth-order valence-electron chi connectivity index (χ4n) is 2.27. The van der Waals surface area contributed by atoms with Crippen LogP contribution in [-0.2, 0) is 11.3 Å². The van der Waals surface area contributed by atoms with Gasteiger partial charge in [-0.3, -0.25) is 9.78 Å². The number of aliphatic hydroxyl groups is 1. The van der Waals surface area contributed by atoms with Crippen LogP contribution < -0.4 is 0 Å². The van der Waals surface area contributed by atoms with E-state index in [1.165, 1.54) is 24.4 Å². The van der Waals surface area contributed by atoms with E-state index < -0.39 is 11.4 Å². The number of rotatable bonds is 6. The molecule has 2 rings (SSSR count). The van der Waals surface area contributed by atoms with E-state index >= 15 is 0 Å². The Kier molecular flexibility index (Phi) is 5.82. The fraction of sp³-hybridized carbons (Fsp3) is 0.263. The minimum atomic E-state index is -1.02. The molecule has 1 amide bonds. The monoisotopic (exact) mass is 328 g/mol. The Morgan fingerprint density at radius 1 is 1.29 bits per heavy atom. The van der Waals surface area contributed by atoms with Crippen molar-refractivity contribution in [2.45, 2.75) is 26.0 Å². The van der Waals surface area contributed by atoms with Crippen LogP contribution in [0.3, 0.4) is 0 Å². The summed E-state index contributed by atoms with van der Waals surface area (Å²) >= 11 is 0. The Bertz CT molecular complexity index is 709. The van der Waals surface area contributed by atoms with Crippen LogP contribution in [0.25, 0.3) is 6.08 Å². The predicted octanol–water partition coefficient (Wildman–Crippen LogP) is 3.03. The molecule has 0 atom stereocenters. The van der Waals surface area contributed by atoms with Gasteiger partial charge in [-0.15, -0.1) is 0 Å². The molecule has 0 spiro atoms. The normalized spacial score (nSPS) is 11.7. The lowest BCUT2D eigenvalue weighted by Crippen LogP contribution is -2.41. The number of carbonyl (C=O) groups is 1. The number of hydrogen-bond acceptors (Lipinski definition) is 3. The third-order valence-electron chi connectivity index (χ3n) is 3.25. The zero-order valence-electron chi connectivity index (χ0n) is 13.8. The molecule has 24 heavy (non-hydrogen) atoms. The summed E-state index contributed by atoms with van der Waals surface area (Å²) in [5.41, 5.74) is 0.459. The quantitative estimate of drug-likeness (QED) is 0.829. The van der Waals surface area contributed by atoms with Gasteiger partial charge in [-0.2, -0.15) is 0 Å². The highest BCUT2D eigenvalue weighted by Gasteiger charge is 2.21. The van der Waals surface area contributed by atoms with Crippen molar-refractivity contribution in [2.24, 2.45) is 0 Å². The van der Waals surface area contributed by atoms with E-state index in [1.807, 2.05) is 30.3 Å². The molecule has 1 aromatic heterocycles. The summed E-state index contributed by atoms with van der Waals surface area (Å²) in [6.07, 6.45) is 5.46. The molecule has 0 bridgehead atoms. The number of nitrogens with zero attached hydrogens (tertiary/aromatic N) is 2. The van der Waals surface area contributed by atoms with E-state index in [0.29, 0.717) is 12.1 Å². The minimum absolute atomic E-state index is 0.187. The third-order valence-corrected chi connectivity index (χ3v) is 3.25. The summed E-state index contributed by atoms with van der Waals surface area (Å²) in [7, 11) is 0. The number of benzene rings is 1. The SMILES string of the molecule is CC(C)(O)CN(Cc1ccccc1)C(=O)/C=C/c1cncc(F)c1. The zero-order valence-corrected chi connectivity index (χ0v) is 13.8. The topological polar surface area (TPSA) is 53.4 Å². The maximum Gasteiger partial charge on any atom is 0.246 e. The summed E-state index contributed by atoms with van der Waals surface area (Å²) < 4.78 is 13.1. The van der Waals surface area contributed by atoms with Crippen molar-refractivity contribution in [1.82, 2.24) is 9.88 Å². The van der Waals surface area contributed by atoms with Gasteiger partial charge >= 0.3 is 0 Å². The first kappa shape index (κ1) is 17.8. The van der Waals surface area contributed by atoms with Crippen LogP contribution in [0.15, 0.2) is 54.9 Å². The van der Waals surface area contributed by atoms with Crippen molar-refractivity contribution < 1.29 is 14.3 Å². The second kappa shape index (κ2) is 7.84. The van der Waals surface area contributed by atoms with Gasteiger partial charge in [0.05, 0.1) is 11.8 Å². The molecule has 0 aliphatic rings. The molecule has 126 valence electrons. The first-order valence-corrected chi connectivity index (χ1v) is 7.67. The third kappa shape index (κ3) is 5.93. The molecule has 0 radical (unpaired) electrons. The largest absolute Gasteiger partial charge is 0.389 e. The number of halogens is 1. The maximum atomic E-state index is 13.1. The van der Waals surface area contributed by atoms with Crippen LogP contribution >= 0.6 is 0 Å². The fourth-order valence-corrected chi connectivity index (χ4v) is 2.27. The van der Waals surface area contributed by atoms with E-state index in [2.05, 4.69) is 4.98 Å². The van der Waals surface area contributed by atoms with E-state index in [0.717, 1.165) is 11.8 Å². The highest BCUT2D eigenvalue weighted by molar-refractivity contribution is 5.91. The van der Waals surface area contributed by atoms with Crippen molar-refractivity contribution >= 4 is 12.0 Å². The van der Waals surface area contributed by atoms with Gasteiger partial charge in [-0.25, -0.2) is 4.39 Å². The Morgan fingerprint density at radius 3 is 2.62 bits per heavy atom. The lowest BCUT2D eigenvalue weighted by atomic mass is 10.1. The van der Waals surface area contributed by atoms with Crippen LogP contribution in [0.4, 0.5) is 4.39 Å². The average Bonchev–Trinajstić information content (AvgIpc) is 2.52. The van der Waals surface area contributed by atoms with Crippen LogP contribution in [0.5, 0.6) is 0 Å². The molecule has 0 aliphatic heterocycles. The van der Waals surface area contributed by atoms with Crippen LogP contribution in [0.2, 0.25) is 0 Å². The summed E-state index contributed by atoms with van der Waals surface area (Å²) in [4.78, 5) is 17.8. The number of carbonyl (C=O) groups excluding carboxylic acids is 1. The number of amides is 1. The second-order valence-corrected chi connectivity index (χ2v) is 6.26. The van der Waals surface area contributed by atoms with Gasteiger partial charge in [-0.1, -0.05) is 30.3 Å². The Labute approximate surface area is 141 Å². The molecule has 0 saturated carbocycles. The highest BCUT2D eigenvalue weighted by Crippen LogP contribution is 2.12. The molecule has 1 heterocycles. The molecule has 0 saturated heterocycles. The second-order valence-electron chi connectivity index (χ2n) is 6.26. The molecule has 4 nitrogen and oxygen atoms in total. The van der Waals surface area contributed by atoms with Gasteiger partial charge in [-0.05, 0) is 37.1 Å². The average molecular weight is 328 g/mol. The molecule has 0 fully saturated rings. The summed E-state index contributed by atoms with van der Waals surface area (Å²) in [5, 5.41) is 10.1. The highest BCUT2D eigenvalue weighted by atomic mass is 19.1. The number of aromatic nitrogens is 1. The minimum Gasteiger partial charge on any atom is -0.389 e. The lowest BCUT2D eigenvalue weighted by molar-refractivity contribution is -0.129. The standard InChI is InChI=1S/C19H21FN2O2/c1-19(2,24)14-22(13-15-6-4-3-5-7-15)18(23)9-8-16-10-17(20)12-21-11-16/h3-12,24H,13-14H2,1-2H3/b9-8+. The Balaban J connectivity index is 2.14. The molecule has 0 unspecified atom stereocenters. The lowest BCUT2D eigenvalue weighted by Gasteiger charge is -2.28. The molecule has 2 aromatic rings. The Morgan fingerprint density at radius 2 is 2.00 bits per heavy atom. The first-order chi connectivity index (χ1) is 11.3. The summed E-state index contributed by atoms with van der Waals surface area (Å²) in [6, 6.07) is 10.8. The Hall–Kier alpha value is -2.53. The number of hydrogen-bond donors (Lipinski definition) is 1. The van der Waals surface area contributed by atoms with Gasteiger partial charge in [0.1, 0.15) is 5.82 Å². The van der Waals surface area contributed by atoms with Crippen molar-refractivity contribution in [3.8, 4) is 0 Å². The van der Waals surface area contributed by atoms with Crippen molar-refractivity contribution in [3.63, 3.8) is 0 Å². The molecule has 1 N–H and O–H groups in total. The molecule has 5 heteroatoms. The van der Waals surface area contributed by atoms with Crippen molar-refractivity contribution in [1.29, 1.82) is 0 Å². The molecular formula is C19H21FN2O2. The van der Waals surface area contributed by atoms with Crippen molar-refractivity contribution in [2.75, 3.05) is 6.54 Å². The smallest absolute Gasteiger partial charge is 0.246 e. The van der Waals surface area contributed by atoms with Gasteiger partial charge in [0, 0.05) is 25.4 Å². The van der Waals surface area contributed by atoms with Gasteiger partial charge < -0.3 is 10.0 Å².